The predicted molar refractivity (Wildman–Crippen MR) is 58.4 cm³/mol. The van der Waals surface area contributed by atoms with Crippen molar-refractivity contribution in [2.24, 2.45) is 5.92 Å². The van der Waals surface area contributed by atoms with Crippen LogP contribution in [-0.4, -0.2) is 23.3 Å². The first kappa shape index (κ1) is 12.2. The summed E-state index contributed by atoms with van der Waals surface area (Å²) in [7, 11) is 0. The fourth-order valence-electron chi connectivity index (χ4n) is 2.21. The van der Waals surface area contributed by atoms with Crippen molar-refractivity contribution in [1.29, 1.82) is 0 Å². The smallest absolute Gasteiger partial charge is 0.303 e. The van der Waals surface area contributed by atoms with E-state index in [9.17, 15) is 4.79 Å². The number of ether oxygens (including phenoxy) is 1. The van der Waals surface area contributed by atoms with E-state index in [1.54, 1.807) is 0 Å². The van der Waals surface area contributed by atoms with Crippen LogP contribution in [0.25, 0.3) is 0 Å². The van der Waals surface area contributed by atoms with Gasteiger partial charge in [-0.3, -0.25) is 4.79 Å². The summed E-state index contributed by atoms with van der Waals surface area (Å²) in [4.78, 5) is 10.9. The van der Waals surface area contributed by atoms with Crippen molar-refractivity contribution < 1.29 is 14.6 Å². The van der Waals surface area contributed by atoms with Crippen LogP contribution in [0.5, 0.6) is 0 Å². The highest BCUT2D eigenvalue weighted by atomic mass is 16.6. The van der Waals surface area contributed by atoms with E-state index >= 15 is 0 Å². The molecule has 1 N–H and O–H groups in total. The van der Waals surface area contributed by atoms with E-state index in [1.165, 1.54) is 6.92 Å². The summed E-state index contributed by atoms with van der Waals surface area (Å²) in [5.41, 5.74) is 0.595. The van der Waals surface area contributed by atoms with Gasteiger partial charge in [0.25, 0.3) is 0 Å². The first-order valence-corrected chi connectivity index (χ1v) is 5.45. The molecule has 0 aliphatic heterocycles. The Morgan fingerprint density at radius 2 is 2.07 bits per heavy atom. The van der Waals surface area contributed by atoms with Crippen LogP contribution in [0.15, 0.2) is 12.2 Å². The van der Waals surface area contributed by atoms with Gasteiger partial charge >= 0.3 is 5.97 Å². The summed E-state index contributed by atoms with van der Waals surface area (Å²) in [6.07, 6.45) is 3.61. The lowest BCUT2D eigenvalue weighted by atomic mass is 9.77. The van der Waals surface area contributed by atoms with Crippen molar-refractivity contribution in [3.05, 3.63) is 12.2 Å². The lowest BCUT2D eigenvalue weighted by molar-refractivity contribution is -0.158. The van der Waals surface area contributed by atoms with Gasteiger partial charge in [0.1, 0.15) is 5.60 Å². The Bertz CT molecular complexity index is 250. The zero-order valence-corrected chi connectivity index (χ0v) is 9.58. The Hall–Kier alpha value is -0.830. The second kappa shape index (κ2) is 4.79. The molecule has 0 spiro atoms. The lowest BCUT2D eigenvalue weighted by Crippen LogP contribution is -2.36. The zero-order chi connectivity index (χ0) is 11.5. The Morgan fingerprint density at radius 3 is 2.47 bits per heavy atom. The Morgan fingerprint density at radius 1 is 1.53 bits per heavy atom. The Labute approximate surface area is 91.1 Å². The van der Waals surface area contributed by atoms with E-state index in [-0.39, 0.29) is 18.2 Å². The highest BCUT2D eigenvalue weighted by Gasteiger charge is 2.34. The standard InChI is InChI=1S/C12H20O3/c1-9(8-13)11-4-6-12(3,7-5-11)15-10(2)14/h11,13H,1,4-8H2,2-3H3. The molecular weight excluding hydrogens is 192 g/mol. The van der Waals surface area contributed by atoms with Crippen LogP contribution in [-0.2, 0) is 9.53 Å². The quantitative estimate of drug-likeness (QED) is 0.575. The first-order chi connectivity index (χ1) is 6.97. The number of hydrogen-bond donors (Lipinski definition) is 1. The number of carbonyl (C=O) groups excluding carboxylic acids is 1. The van der Waals surface area contributed by atoms with Crippen LogP contribution in [0.4, 0.5) is 0 Å². The minimum absolute atomic E-state index is 0.0644. The van der Waals surface area contributed by atoms with Gasteiger partial charge in [0, 0.05) is 6.92 Å². The van der Waals surface area contributed by atoms with Crippen LogP contribution in [0.3, 0.4) is 0 Å². The zero-order valence-electron chi connectivity index (χ0n) is 9.58. The highest BCUT2D eigenvalue weighted by Crippen LogP contribution is 2.37. The van der Waals surface area contributed by atoms with E-state index in [1.807, 2.05) is 6.92 Å². The largest absolute Gasteiger partial charge is 0.460 e. The predicted octanol–water partition coefficient (Wildman–Crippen LogP) is 2.05. The lowest BCUT2D eigenvalue weighted by Gasteiger charge is -2.37. The van der Waals surface area contributed by atoms with Crippen molar-refractivity contribution in [3.63, 3.8) is 0 Å². The summed E-state index contributed by atoms with van der Waals surface area (Å²) in [6, 6.07) is 0. The molecule has 0 amide bonds. The third kappa shape index (κ3) is 3.34. The van der Waals surface area contributed by atoms with Crippen molar-refractivity contribution in [3.8, 4) is 0 Å². The van der Waals surface area contributed by atoms with Crippen LogP contribution >= 0.6 is 0 Å². The third-order valence-corrected chi connectivity index (χ3v) is 3.21. The highest BCUT2D eigenvalue weighted by molar-refractivity contribution is 5.66. The number of esters is 1. The molecule has 1 fully saturated rings. The molecular formula is C12H20O3. The van der Waals surface area contributed by atoms with Crippen molar-refractivity contribution in [2.45, 2.75) is 45.1 Å². The molecule has 1 aliphatic rings. The summed E-state index contributed by atoms with van der Waals surface area (Å²) in [6.45, 7) is 7.34. The number of aliphatic hydroxyl groups excluding tert-OH is 1. The van der Waals surface area contributed by atoms with E-state index in [0.717, 1.165) is 31.3 Å². The van der Waals surface area contributed by atoms with Crippen LogP contribution < -0.4 is 0 Å². The summed E-state index contributed by atoms with van der Waals surface area (Å²) in [5.74, 6) is 0.176. The van der Waals surface area contributed by atoms with Crippen molar-refractivity contribution in [1.82, 2.24) is 0 Å². The fourth-order valence-corrected chi connectivity index (χ4v) is 2.21. The molecule has 0 bridgehead atoms. The second-order valence-electron chi connectivity index (χ2n) is 4.63. The van der Waals surface area contributed by atoms with Crippen LogP contribution in [0.2, 0.25) is 0 Å². The van der Waals surface area contributed by atoms with E-state index in [4.69, 9.17) is 9.84 Å². The third-order valence-electron chi connectivity index (χ3n) is 3.21. The molecule has 0 aromatic rings. The summed E-state index contributed by atoms with van der Waals surface area (Å²) >= 11 is 0. The molecule has 1 rings (SSSR count). The van der Waals surface area contributed by atoms with Crippen molar-refractivity contribution >= 4 is 5.97 Å². The molecule has 0 radical (unpaired) electrons. The molecule has 0 saturated heterocycles. The number of rotatable bonds is 3. The molecule has 0 atom stereocenters. The minimum atomic E-state index is -0.307. The molecule has 1 aliphatic carbocycles. The SMILES string of the molecule is C=C(CO)C1CCC(C)(OC(C)=O)CC1. The van der Waals surface area contributed by atoms with E-state index < -0.39 is 0 Å². The molecule has 0 unspecified atom stereocenters. The Kier molecular flexibility index (Phi) is 3.91. The minimum Gasteiger partial charge on any atom is -0.460 e. The van der Waals surface area contributed by atoms with E-state index in [2.05, 4.69) is 6.58 Å². The summed E-state index contributed by atoms with van der Waals surface area (Å²) < 4.78 is 5.31. The van der Waals surface area contributed by atoms with Crippen LogP contribution in [0.1, 0.15) is 39.5 Å². The van der Waals surface area contributed by atoms with Gasteiger partial charge in [-0.1, -0.05) is 6.58 Å². The summed E-state index contributed by atoms with van der Waals surface area (Å²) in [5, 5.41) is 8.98. The molecule has 3 nitrogen and oxygen atoms in total. The monoisotopic (exact) mass is 212 g/mol. The van der Waals surface area contributed by atoms with Crippen molar-refractivity contribution in [2.75, 3.05) is 6.61 Å². The average Bonchev–Trinajstić information content (AvgIpc) is 2.16. The molecule has 0 heterocycles. The molecule has 0 aromatic heterocycles. The molecule has 86 valence electrons. The van der Waals surface area contributed by atoms with Gasteiger partial charge in [0.15, 0.2) is 0 Å². The number of carbonyl (C=O) groups is 1. The van der Waals surface area contributed by atoms with Gasteiger partial charge in [0.05, 0.1) is 6.61 Å². The van der Waals surface area contributed by atoms with Gasteiger partial charge in [-0.05, 0) is 44.1 Å². The fraction of sp³-hybridized carbons (Fsp3) is 0.750. The molecule has 15 heavy (non-hydrogen) atoms. The second-order valence-corrected chi connectivity index (χ2v) is 4.63. The maximum absolute atomic E-state index is 10.9. The van der Waals surface area contributed by atoms with Gasteiger partial charge in [-0.2, -0.15) is 0 Å². The molecule has 0 aromatic carbocycles. The number of aliphatic hydroxyl groups is 1. The van der Waals surface area contributed by atoms with E-state index in [0.29, 0.717) is 5.92 Å². The number of hydrogen-bond acceptors (Lipinski definition) is 3. The van der Waals surface area contributed by atoms with Gasteiger partial charge in [-0.25, -0.2) is 0 Å². The molecule has 1 saturated carbocycles. The average molecular weight is 212 g/mol. The maximum atomic E-state index is 10.9. The molecule has 3 heteroatoms. The van der Waals surface area contributed by atoms with Gasteiger partial charge in [-0.15, -0.1) is 0 Å². The first-order valence-electron chi connectivity index (χ1n) is 5.45. The topological polar surface area (TPSA) is 46.5 Å². The van der Waals surface area contributed by atoms with Gasteiger partial charge < -0.3 is 9.84 Å². The Balaban J connectivity index is 2.47. The van der Waals surface area contributed by atoms with Crippen LogP contribution in [0, 0.1) is 5.92 Å². The van der Waals surface area contributed by atoms with Gasteiger partial charge in [0.2, 0.25) is 0 Å². The maximum Gasteiger partial charge on any atom is 0.303 e. The normalized spacial score (nSPS) is 31.0.